The van der Waals surface area contributed by atoms with E-state index in [0.717, 1.165) is 5.69 Å². The van der Waals surface area contributed by atoms with E-state index < -0.39 is 0 Å². The highest BCUT2D eigenvalue weighted by molar-refractivity contribution is 7.99. The molecule has 1 heterocycles. The Labute approximate surface area is 130 Å². The van der Waals surface area contributed by atoms with Gasteiger partial charge in [-0.1, -0.05) is 23.4 Å². The molecule has 1 aromatic heterocycles. The number of halogens is 1. The third kappa shape index (κ3) is 4.44. The van der Waals surface area contributed by atoms with E-state index in [4.69, 9.17) is 16.9 Å². The fourth-order valence-electron chi connectivity index (χ4n) is 1.45. The van der Waals surface area contributed by atoms with Gasteiger partial charge < -0.3 is 5.32 Å². The SMILES string of the molecule is N#CCCNC(=O)CSc1nnnn1-c1ccc(Cl)cc1. The Morgan fingerprint density at radius 1 is 1.43 bits per heavy atom. The lowest BCUT2D eigenvalue weighted by molar-refractivity contribution is -0.118. The highest BCUT2D eigenvalue weighted by atomic mass is 35.5. The molecule has 0 fully saturated rings. The lowest BCUT2D eigenvalue weighted by Gasteiger charge is -2.04. The van der Waals surface area contributed by atoms with Gasteiger partial charge in [-0.05, 0) is 34.7 Å². The molecule has 1 aromatic carbocycles. The summed E-state index contributed by atoms with van der Waals surface area (Å²) in [7, 11) is 0. The Morgan fingerprint density at radius 3 is 2.90 bits per heavy atom. The van der Waals surface area contributed by atoms with Crippen molar-refractivity contribution in [3.05, 3.63) is 29.3 Å². The van der Waals surface area contributed by atoms with Crippen LogP contribution in [-0.2, 0) is 4.79 Å². The monoisotopic (exact) mass is 322 g/mol. The number of nitrogens with zero attached hydrogens (tertiary/aromatic N) is 5. The minimum atomic E-state index is -0.166. The summed E-state index contributed by atoms with van der Waals surface area (Å²) in [5.41, 5.74) is 0.761. The van der Waals surface area contributed by atoms with Crippen LogP contribution in [0.2, 0.25) is 5.02 Å². The summed E-state index contributed by atoms with van der Waals surface area (Å²) in [4.78, 5) is 11.6. The lowest BCUT2D eigenvalue weighted by atomic mass is 10.3. The Kier molecular flexibility index (Phi) is 5.54. The van der Waals surface area contributed by atoms with Crippen LogP contribution in [-0.4, -0.2) is 38.4 Å². The Hall–Kier alpha value is -2.11. The van der Waals surface area contributed by atoms with E-state index in [1.807, 2.05) is 6.07 Å². The van der Waals surface area contributed by atoms with Gasteiger partial charge in [-0.25, -0.2) is 0 Å². The molecule has 1 N–H and O–H groups in total. The quantitative estimate of drug-likeness (QED) is 0.638. The van der Waals surface area contributed by atoms with E-state index in [1.165, 1.54) is 16.4 Å². The second kappa shape index (κ2) is 7.61. The van der Waals surface area contributed by atoms with Gasteiger partial charge in [0.2, 0.25) is 11.1 Å². The van der Waals surface area contributed by atoms with Crippen molar-refractivity contribution in [2.24, 2.45) is 0 Å². The van der Waals surface area contributed by atoms with Gasteiger partial charge in [0.15, 0.2) is 0 Å². The van der Waals surface area contributed by atoms with E-state index in [2.05, 4.69) is 20.8 Å². The van der Waals surface area contributed by atoms with Crippen molar-refractivity contribution in [1.82, 2.24) is 25.5 Å². The maximum atomic E-state index is 11.6. The molecule has 0 saturated heterocycles. The molecular weight excluding hydrogens is 312 g/mol. The number of thioether (sulfide) groups is 1. The molecule has 2 rings (SSSR count). The van der Waals surface area contributed by atoms with Crippen LogP contribution in [0.4, 0.5) is 0 Å². The molecule has 2 aromatic rings. The van der Waals surface area contributed by atoms with Crippen LogP contribution in [0.25, 0.3) is 5.69 Å². The maximum absolute atomic E-state index is 11.6. The summed E-state index contributed by atoms with van der Waals surface area (Å²) < 4.78 is 1.53. The molecule has 0 aliphatic rings. The van der Waals surface area contributed by atoms with Crippen molar-refractivity contribution in [3.8, 4) is 11.8 Å². The molecule has 0 atom stereocenters. The van der Waals surface area contributed by atoms with Gasteiger partial charge in [-0.2, -0.15) is 9.94 Å². The van der Waals surface area contributed by atoms with Gasteiger partial charge in [0.05, 0.1) is 23.9 Å². The number of carbonyl (C=O) groups excluding carboxylic acids is 1. The predicted octanol–water partition coefficient (Wildman–Crippen LogP) is 1.44. The van der Waals surface area contributed by atoms with E-state index >= 15 is 0 Å². The van der Waals surface area contributed by atoms with Crippen LogP contribution in [0, 0.1) is 11.3 Å². The molecule has 21 heavy (non-hydrogen) atoms. The van der Waals surface area contributed by atoms with Gasteiger partial charge in [0.1, 0.15) is 0 Å². The van der Waals surface area contributed by atoms with Crippen molar-refractivity contribution >= 4 is 29.3 Å². The topological polar surface area (TPSA) is 96.5 Å². The molecule has 0 spiro atoms. The molecule has 0 bridgehead atoms. The van der Waals surface area contributed by atoms with E-state index in [9.17, 15) is 4.79 Å². The molecule has 108 valence electrons. The highest BCUT2D eigenvalue weighted by Crippen LogP contribution is 2.19. The Balaban J connectivity index is 1.96. The molecule has 0 saturated carbocycles. The first-order valence-electron chi connectivity index (χ1n) is 6.01. The Bertz CT molecular complexity index is 651. The molecular formula is C12H11ClN6OS. The summed E-state index contributed by atoms with van der Waals surface area (Å²) >= 11 is 7.05. The molecule has 1 amide bonds. The summed E-state index contributed by atoms with van der Waals surface area (Å²) in [6.45, 7) is 0.345. The fraction of sp³-hybridized carbons (Fsp3) is 0.250. The molecule has 9 heteroatoms. The number of benzene rings is 1. The Morgan fingerprint density at radius 2 is 2.19 bits per heavy atom. The summed E-state index contributed by atoms with van der Waals surface area (Å²) in [6.07, 6.45) is 0.291. The van der Waals surface area contributed by atoms with Crippen molar-refractivity contribution in [3.63, 3.8) is 0 Å². The summed E-state index contributed by atoms with van der Waals surface area (Å²) in [5, 5.41) is 23.5. The number of amides is 1. The van der Waals surface area contributed by atoms with Crippen molar-refractivity contribution in [2.75, 3.05) is 12.3 Å². The second-order valence-electron chi connectivity index (χ2n) is 3.90. The predicted molar refractivity (Wildman–Crippen MR) is 78.1 cm³/mol. The third-order valence-electron chi connectivity index (χ3n) is 2.40. The second-order valence-corrected chi connectivity index (χ2v) is 5.28. The van der Waals surface area contributed by atoms with Gasteiger partial charge >= 0.3 is 0 Å². The van der Waals surface area contributed by atoms with E-state index in [0.29, 0.717) is 23.1 Å². The first-order valence-corrected chi connectivity index (χ1v) is 7.38. The standard InChI is InChI=1S/C12H11ClN6OS/c13-9-2-4-10(5-3-9)19-12(16-17-18-19)21-8-11(20)15-7-1-6-14/h2-5H,1,7-8H2,(H,15,20). The number of hydrogen-bond acceptors (Lipinski definition) is 6. The number of tetrazole rings is 1. The first-order chi connectivity index (χ1) is 10.2. The number of nitrogens with one attached hydrogen (secondary N) is 1. The molecule has 0 unspecified atom stereocenters. The average molecular weight is 323 g/mol. The van der Waals surface area contributed by atoms with E-state index in [1.54, 1.807) is 24.3 Å². The van der Waals surface area contributed by atoms with Crippen LogP contribution in [0.5, 0.6) is 0 Å². The van der Waals surface area contributed by atoms with Gasteiger partial charge in [-0.3, -0.25) is 4.79 Å². The number of rotatable bonds is 6. The van der Waals surface area contributed by atoms with Gasteiger partial charge in [0.25, 0.3) is 0 Å². The van der Waals surface area contributed by atoms with Gasteiger partial charge in [0, 0.05) is 11.6 Å². The van der Waals surface area contributed by atoms with Crippen LogP contribution in [0.1, 0.15) is 6.42 Å². The zero-order valence-electron chi connectivity index (χ0n) is 10.9. The molecule has 0 radical (unpaired) electrons. The van der Waals surface area contributed by atoms with Gasteiger partial charge in [-0.15, -0.1) is 5.10 Å². The zero-order valence-corrected chi connectivity index (χ0v) is 12.4. The van der Waals surface area contributed by atoms with Crippen molar-refractivity contribution in [2.45, 2.75) is 11.6 Å². The van der Waals surface area contributed by atoms with Crippen LogP contribution >= 0.6 is 23.4 Å². The number of hydrogen-bond donors (Lipinski definition) is 1. The zero-order chi connectivity index (χ0) is 15.1. The lowest BCUT2D eigenvalue weighted by Crippen LogP contribution is -2.26. The summed E-state index contributed by atoms with van der Waals surface area (Å²) in [6, 6.07) is 9.01. The minimum Gasteiger partial charge on any atom is -0.354 e. The van der Waals surface area contributed by atoms with Crippen molar-refractivity contribution < 1.29 is 4.79 Å². The highest BCUT2D eigenvalue weighted by Gasteiger charge is 2.11. The van der Waals surface area contributed by atoms with Crippen LogP contribution in [0.15, 0.2) is 29.4 Å². The number of nitriles is 1. The largest absolute Gasteiger partial charge is 0.354 e. The third-order valence-corrected chi connectivity index (χ3v) is 3.57. The molecule has 0 aliphatic heterocycles. The molecule has 7 nitrogen and oxygen atoms in total. The van der Waals surface area contributed by atoms with E-state index in [-0.39, 0.29) is 11.7 Å². The number of carbonyl (C=O) groups is 1. The van der Waals surface area contributed by atoms with Crippen LogP contribution in [0.3, 0.4) is 0 Å². The van der Waals surface area contributed by atoms with Crippen LogP contribution < -0.4 is 5.32 Å². The summed E-state index contributed by atoms with van der Waals surface area (Å²) in [5.74, 6) is 0.0141. The maximum Gasteiger partial charge on any atom is 0.230 e. The first kappa shape index (κ1) is 15.3. The smallest absolute Gasteiger partial charge is 0.230 e. The normalized spacial score (nSPS) is 10.1. The number of aromatic nitrogens is 4. The minimum absolute atomic E-state index is 0.166. The fourth-order valence-corrected chi connectivity index (χ4v) is 2.30. The average Bonchev–Trinajstić information content (AvgIpc) is 2.95. The van der Waals surface area contributed by atoms with Crippen molar-refractivity contribution in [1.29, 1.82) is 5.26 Å². The molecule has 0 aliphatic carbocycles.